The zero-order valence-electron chi connectivity index (χ0n) is 11.2. The molecule has 1 aromatic rings. The molecule has 1 aliphatic rings. The van der Waals surface area contributed by atoms with Gasteiger partial charge in [-0.15, -0.1) is 0 Å². The summed E-state index contributed by atoms with van der Waals surface area (Å²) in [6.07, 6.45) is 1.24. The number of hydrogen-bond acceptors (Lipinski definition) is 2. The molecule has 0 amide bonds. The van der Waals surface area contributed by atoms with E-state index in [1.807, 2.05) is 24.3 Å². The summed E-state index contributed by atoms with van der Waals surface area (Å²) in [4.78, 5) is 10.9. The second-order valence-electron chi connectivity index (χ2n) is 5.93. The van der Waals surface area contributed by atoms with Crippen LogP contribution in [0.25, 0.3) is 0 Å². The van der Waals surface area contributed by atoms with E-state index < -0.39 is 11.9 Å². The molecule has 0 saturated heterocycles. The normalized spacial score (nSPS) is 22.5. The van der Waals surface area contributed by atoms with Gasteiger partial charge in [0.15, 0.2) is 0 Å². The van der Waals surface area contributed by atoms with Crippen LogP contribution >= 0.6 is 0 Å². The number of carboxylic acid groups (broad SMARTS) is 1. The minimum Gasteiger partial charge on any atom is -0.481 e. The first-order valence-corrected chi connectivity index (χ1v) is 6.45. The first-order valence-electron chi connectivity index (χ1n) is 6.45. The average Bonchev–Trinajstić information content (AvgIpc) is 2.94. The van der Waals surface area contributed by atoms with Crippen molar-refractivity contribution in [2.24, 2.45) is 5.41 Å². The lowest BCUT2D eigenvalue weighted by Gasteiger charge is -2.09. The summed E-state index contributed by atoms with van der Waals surface area (Å²) in [7, 11) is 0. The van der Waals surface area contributed by atoms with Gasteiger partial charge < -0.3 is 10.4 Å². The van der Waals surface area contributed by atoms with Gasteiger partial charge in [-0.1, -0.05) is 38.1 Å². The SMILES string of the molecule is CC(C(=O)O)c1ccc(CNC2CC2(C)C)cc1. The van der Waals surface area contributed by atoms with Crippen LogP contribution in [0.15, 0.2) is 24.3 Å². The Labute approximate surface area is 108 Å². The molecular formula is C15H21NO2. The van der Waals surface area contributed by atoms with Crippen molar-refractivity contribution in [2.75, 3.05) is 0 Å². The largest absolute Gasteiger partial charge is 0.481 e. The number of aliphatic carboxylic acids is 1. The molecular weight excluding hydrogens is 226 g/mol. The summed E-state index contributed by atoms with van der Waals surface area (Å²) in [5.41, 5.74) is 2.51. The van der Waals surface area contributed by atoms with E-state index in [1.165, 1.54) is 12.0 Å². The fourth-order valence-corrected chi connectivity index (χ4v) is 2.12. The van der Waals surface area contributed by atoms with Crippen molar-refractivity contribution in [1.29, 1.82) is 0 Å². The van der Waals surface area contributed by atoms with Crippen LogP contribution in [0.2, 0.25) is 0 Å². The van der Waals surface area contributed by atoms with Crippen molar-refractivity contribution >= 4 is 5.97 Å². The number of rotatable bonds is 5. The molecule has 18 heavy (non-hydrogen) atoms. The smallest absolute Gasteiger partial charge is 0.310 e. The predicted molar refractivity (Wildman–Crippen MR) is 71.5 cm³/mol. The maximum atomic E-state index is 10.9. The van der Waals surface area contributed by atoms with E-state index in [-0.39, 0.29) is 0 Å². The van der Waals surface area contributed by atoms with Gasteiger partial charge in [0.1, 0.15) is 0 Å². The molecule has 2 N–H and O–H groups in total. The molecule has 1 saturated carbocycles. The van der Waals surface area contributed by atoms with Crippen molar-refractivity contribution in [3.05, 3.63) is 35.4 Å². The van der Waals surface area contributed by atoms with Crippen LogP contribution in [-0.4, -0.2) is 17.1 Å². The molecule has 1 fully saturated rings. The maximum Gasteiger partial charge on any atom is 0.310 e. The van der Waals surface area contributed by atoms with Crippen molar-refractivity contribution in [2.45, 2.75) is 45.7 Å². The molecule has 2 atom stereocenters. The van der Waals surface area contributed by atoms with Crippen LogP contribution in [0.4, 0.5) is 0 Å². The van der Waals surface area contributed by atoms with Crippen molar-refractivity contribution in [3.63, 3.8) is 0 Å². The first-order chi connectivity index (χ1) is 8.40. The van der Waals surface area contributed by atoms with Gasteiger partial charge in [-0.25, -0.2) is 0 Å². The molecule has 0 bridgehead atoms. The Morgan fingerprint density at radius 3 is 2.44 bits per heavy atom. The summed E-state index contributed by atoms with van der Waals surface area (Å²) >= 11 is 0. The lowest BCUT2D eigenvalue weighted by molar-refractivity contribution is -0.138. The summed E-state index contributed by atoms with van der Waals surface area (Å²) in [6, 6.07) is 8.46. The Morgan fingerprint density at radius 2 is 2.00 bits per heavy atom. The Bertz CT molecular complexity index is 436. The van der Waals surface area contributed by atoms with Gasteiger partial charge >= 0.3 is 5.97 Å². The van der Waals surface area contributed by atoms with E-state index >= 15 is 0 Å². The van der Waals surface area contributed by atoms with Crippen LogP contribution in [-0.2, 0) is 11.3 Å². The zero-order valence-corrected chi connectivity index (χ0v) is 11.2. The predicted octanol–water partition coefficient (Wildman–Crippen LogP) is 2.76. The van der Waals surface area contributed by atoms with Gasteiger partial charge in [-0.2, -0.15) is 0 Å². The highest BCUT2D eigenvalue weighted by atomic mass is 16.4. The molecule has 2 unspecified atom stereocenters. The van der Waals surface area contributed by atoms with Gasteiger partial charge in [0.05, 0.1) is 5.92 Å². The Hall–Kier alpha value is -1.35. The third-order valence-electron chi connectivity index (χ3n) is 3.92. The number of benzene rings is 1. The van der Waals surface area contributed by atoms with E-state index in [4.69, 9.17) is 5.11 Å². The standard InChI is InChI=1S/C15H21NO2/c1-10(14(17)18)12-6-4-11(5-7-12)9-16-13-8-15(13,2)3/h4-7,10,13,16H,8-9H2,1-3H3,(H,17,18). The third kappa shape index (κ3) is 2.91. The van der Waals surface area contributed by atoms with Crippen molar-refractivity contribution in [1.82, 2.24) is 5.32 Å². The summed E-state index contributed by atoms with van der Waals surface area (Å²) in [6.45, 7) is 7.10. The molecule has 3 nitrogen and oxygen atoms in total. The second-order valence-corrected chi connectivity index (χ2v) is 5.93. The van der Waals surface area contributed by atoms with Gasteiger partial charge in [0.25, 0.3) is 0 Å². The van der Waals surface area contributed by atoms with E-state index in [0.717, 1.165) is 12.1 Å². The lowest BCUT2D eigenvalue weighted by Crippen LogP contribution is -2.19. The van der Waals surface area contributed by atoms with Crippen LogP contribution in [0, 0.1) is 5.41 Å². The monoisotopic (exact) mass is 247 g/mol. The van der Waals surface area contributed by atoms with E-state index in [1.54, 1.807) is 6.92 Å². The number of nitrogens with one attached hydrogen (secondary N) is 1. The number of carbonyl (C=O) groups is 1. The van der Waals surface area contributed by atoms with Crippen LogP contribution in [0.5, 0.6) is 0 Å². The molecule has 0 aliphatic heterocycles. The van der Waals surface area contributed by atoms with Crippen LogP contribution in [0.3, 0.4) is 0 Å². The van der Waals surface area contributed by atoms with Crippen LogP contribution < -0.4 is 5.32 Å². The Kier molecular flexibility index (Phi) is 3.44. The average molecular weight is 247 g/mol. The van der Waals surface area contributed by atoms with Gasteiger partial charge in [-0.3, -0.25) is 4.79 Å². The zero-order chi connectivity index (χ0) is 13.3. The highest BCUT2D eigenvalue weighted by molar-refractivity contribution is 5.75. The van der Waals surface area contributed by atoms with E-state index in [9.17, 15) is 4.79 Å². The minimum atomic E-state index is -0.777. The molecule has 2 rings (SSSR count). The molecule has 0 heterocycles. The Balaban J connectivity index is 1.90. The quantitative estimate of drug-likeness (QED) is 0.841. The van der Waals surface area contributed by atoms with Crippen molar-refractivity contribution < 1.29 is 9.90 Å². The number of hydrogen-bond donors (Lipinski definition) is 2. The fraction of sp³-hybridized carbons (Fsp3) is 0.533. The summed E-state index contributed by atoms with van der Waals surface area (Å²) in [5, 5.41) is 12.5. The van der Waals surface area contributed by atoms with Gasteiger partial charge in [0.2, 0.25) is 0 Å². The molecule has 1 aliphatic carbocycles. The minimum absolute atomic E-state index is 0.436. The fourth-order valence-electron chi connectivity index (χ4n) is 2.12. The molecule has 3 heteroatoms. The maximum absolute atomic E-state index is 10.9. The first kappa shape index (κ1) is 13.1. The molecule has 0 spiro atoms. The topological polar surface area (TPSA) is 49.3 Å². The Morgan fingerprint density at radius 1 is 1.44 bits per heavy atom. The molecule has 1 aromatic carbocycles. The second kappa shape index (κ2) is 4.73. The van der Waals surface area contributed by atoms with Gasteiger partial charge in [-0.05, 0) is 29.9 Å². The highest BCUT2D eigenvalue weighted by Gasteiger charge is 2.44. The van der Waals surface area contributed by atoms with E-state index in [2.05, 4.69) is 19.2 Å². The third-order valence-corrected chi connectivity index (χ3v) is 3.92. The summed E-state index contributed by atoms with van der Waals surface area (Å²) in [5.74, 6) is -1.21. The molecule has 0 aromatic heterocycles. The van der Waals surface area contributed by atoms with E-state index in [0.29, 0.717) is 11.5 Å². The number of carboxylic acids is 1. The summed E-state index contributed by atoms with van der Waals surface area (Å²) < 4.78 is 0. The molecule has 98 valence electrons. The van der Waals surface area contributed by atoms with Gasteiger partial charge in [0, 0.05) is 12.6 Å². The lowest BCUT2D eigenvalue weighted by atomic mass is 10.00. The van der Waals surface area contributed by atoms with Crippen molar-refractivity contribution in [3.8, 4) is 0 Å². The highest BCUT2D eigenvalue weighted by Crippen LogP contribution is 2.44. The van der Waals surface area contributed by atoms with Crippen LogP contribution in [0.1, 0.15) is 44.2 Å². The molecule has 0 radical (unpaired) electrons.